The summed E-state index contributed by atoms with van der Waals surface area (Å²) in [6, 6.07) is 17.2. The van der Waals surface area contributed by atoms with Crippen molar-refractivity contribution < 1.29 is 27.8 Å². The third kappa shape index (κ3) is 4.79. The van der Waals surface area contributed by atoms with Crippen LogP contribution in [0, 0.1) is 11.6 Å². The second-order valence-electron chi connectivity index (χ2n) is 9.75. The van der Waals surface area contributed by atoms with Crippen molar-refractivity contribution in [3.63, 3.8) is 0 Å². The van der Waals surface area contributed by atoms with Crippen LogP contribution in [-0.4, -0.2) is 58.9 Å². The Bertz CT molecular complexity index is 1720. The van der Waals surface area contributed by atoms with Crippen LogP contribution in [0.2, 0.25) is 0 Å². The number of carbonyl (C=O) groups excluding carboxylic acids is 1. The van der Waals surface area contributed by atoms with E-state index in [-0.39, 0.29) is 29.9 Å². The van der Waals surface area contributed by atoms with E-state index in [4.69, 9.17) is 19.9 Å². The van der Waals surface area contributed by atoms with Gasteiger partial charge in [0, 0.05) is 22.5 Å². The molecule has 0 radical (unpaired) electrons. The Balaban J connectivity index is 1.25. The minimum Gasteiger partial charge on any atom is -0.494 e. The summed E-state index contributed by atoms with van der Waals surface area (Å²) in [5.41, 5.74) is 9.18. The number of H-pyrrole nitrogens is 1. The average Bonchev–Trinajstić information content (AvgIpc) is 3.59. The zero-order valence-electron chi connectivity index (χ0n) is 22.3. The van der Waals surface area contributed by atoms with Gasteiger partial charge >= 0.3 is 0 Å². The van der Waals surface area contributed by atoms with Gasteiger partial charge in [-0.05, 0) is 43.4 Å². The highest BCUT2D eigenvalue weighted by molar-refractivity contribution is 6.02. The molecule has 1 aliphatic heterocycles. The third-order valence-electron chi connectivity index (χ3n) is 7.35. The van der Waals surface area contributed by atoms with E-state index in [0.29, 0.717) is 35.1 Å². The summed E-state index contributed by atoms with van der Waals surface area (Å²) in [5, 5.41) is 5.45. The topological polar surface area (TPSA) is 108 Å². The number of aromatic nitrogens is 3. The lowest BCUT2D eigenvalue weighted by Gasteiger charge is -2.38. The average molecular weight is 560 g/mol. The molecule has 6 rings (SSSR count). The van der Waals surface area contributed by atoms with Crippen molar-refractivity contribution in [1.29, 1.82) is 0 Å². The number of hydrogen-bond acceptors (Lipinski definition) is 7. The molecule has 0 aliphatic carbocycles. The van der Waals surface area contributed by atoms with Gasteiger partial charge in [-0.3, -0.25) is 9.69 Å². The number of morpholine rings is 1. The number of ether oxygens (including phenoxy) is 3. The molecule has 41 heavy (non-hydrogen) atoms. The van der Waals surface area contributed by atoms with Crippen molar-refractivity contribution >= 4 is 22.5 Å². The number of aromatic amines is 1. The van der Waals surface area contributed by atoms with Crippen LogP contribution >= 0.6 is 0 Å². The van der Waals surface area contributed by atoms with Crippen LogP contribution in [-0.2, 0) is 4.74 Å². The monoisotopic (exact) mass is 559 g/mol. The van der Waals surface area contributed by atoms with Crippen LogP contribution < -0.4 is 15.2 Å². The molecule has 0 spiro atoms. The zero-order valence-corrected chi connectivity index (χ0v) is 22.3. The number of halogens is 2. The van der Waals surface area contributed by atoms with Crippen molar-refractivity contribution in [2.75, 3.05) is 33.1 Å². The number of anilines is 1. The predicted octanol–water partition coefficient (Wildman–Crippen LogP) is 5.27. The highest BCUT2D eigenvalue weighted by Crippen LogP contribution is 2.36. The van der Waals surface area contributed by atoms with Gasteiger partial charge in [-0.2, -0.15) is 9.49 Å². The molecule has 5 aromatic rings. The van der Waals surface area contributed by atoms with Gasteiger partial charge in [0.1, 0.15) is 23.0 Å². The first-order chi connectivity index (χ1) is 19.9. The van der Waals surface area contributed by atoms with Gasteiger partial charge in [-0.1, -0.05) is 24.3 Å². The fraction of sp³-hybridized carbons (Fsp3) is 0.200. The van der Waals surface area contributed by atoms with Gasteiger partial charge in [0.15, 0.2) is 17.3 Å². The van der Waals surface area contributed by atoms with E-state index >= 15 is 0 Å². The fourth-order valence-electron chi connectivity index (χ4n) is 5.10. The lowest BCUT2D eigenvalue weighted by atomic mass is 10.0. The predicted molar refractivity (Wildman–Crippen MR) is 149 cm³/mol. The van der Waals surface area contributed by atoms with Crippen molar-refractivity contribution in [2.24, 2.45) is 0 Å². The summed E-state index contributed by atoms with van der Waals surface area (Å²) in [6.45, 7) is 0.572. The molecule has 3 heterocycles. The summed E-state index contributed by atoms with van der Waals surface area (Å²) < 4.78 is 46.2. The molecule has 0 bridgehead atoms. The number of methoxy groups -OCH3 is 1. The Morgan fingerprint density at radius 1 is 1.07 bits per heavy atom. The van der Waals surface area contributed by atoms with Gasteiger partial charge < -0.3 is 24.9 Å². The third-order valence-corrected chi connectivity index (χ3v) is 7.35. The number of Topliss-reactive ketones (excluding diaryl/α,β-unsaturated/α-hetero) is 1. The van der Waals surface area contributed by atoms with Crippen LogP contribution in [0.25, 0.3) is 16.6 Å². The van der Waals surface area contributed by atoms with Gasteiger partial charge in [-0.15, -0.1) is 0 Å². The van der Waals surface area contributed by atoms with Crippen molar-refractivity contribution in [3.8, 4) is 22.9 Å². The molecular formula is C30H27F2N5O4. The molecule has 11 heteroatoms. The molecule has 0 amide bonds. The standard InChI is InChI=1S/C30H27F2N5O4/c1-36-24(15-40-16-25(36)29(38)22-12-17-6-3-4-8-21(17)35-22)19-14-34-37(30(19)33)23-11-10-18(13-27(23)39-2)41-26-9-5-7-20(31)28(26)32/h3-14,24-25,35H,15-16,33H2,1-2H3. The Morgan fingerprint density at radius 2 is 1.90 bits per heavy atom. The summed E-state index contributed by atoms with van der Waals surface area (Å²) in [4.78, 5) is 18.6. The Morgan fingerprint density at radius 3 is 2.71 bits per heavy atom. The highest BCUT2D eigenvalue weighted by Gasteiger charge is 2.37. The number of nitrogens with one attached hydrogen (secondary N) is 1. The second-order valence-corrected chi connectivity index (χ2v) is 9.75. The van der Waals surface area contributed by atoms with E-state index in [2.05, 4.69) is 10.1 Å². The van der Waals surface area contributed by atoms with Crippen molar-refractivity contribution in [2.45, 2.75) is 12.1 Å². The van der Waals surface area contributed by atoms with E-state index in [9.17, 15) is 13.6 Å². The first-order valence-electron chi connectivity index (χ1n) is 12.9. The van der Waals surface area contributed by atoms with Crippen LogP contribution in [0.3, 0.4) is 0 Å². The Labute approximate surface area is 234 Å². The molecule has 9 nitrogen and oxygen atoms in total. The minimum atomic E-state index is -1.09. The van der Waals surface area contributed by atoms with E-state index in [1.807, 2.05) is 42.3 Å². The maximum Gasteiger partial charge on any atom is 0.201 e. The first kappa shape index (κ1) is 26.5. The van der Waals surface area contributed by atoms with Crippen molar-refractivity contribution in [1.82, 2.24) is 19.7 Å². The molecule has 2 atom stereocenters. The lowest BCUT2D eigenvalue weighted by molar-refractivity contribution is -0.0277. The number of carbonyl (C=O) groups is 1. The number of benzene rings is 3. The minimum absolute atomic E-state index is 0.0774. The molecule has 210 valence electrons. The quantitative estimate of drug-likeness (QED) is 0.262. The molecule has 1 fully saturated rings. The number of ketones is 1. The summed E-state index contributed by atoms with van der Waals surface area (Å²) in [6.07, 6.45) is 1.64. The van der Waals surface area contributed by atoms with Gasteiger partial charge in [0.25, 0.3) is 0 Å². The molecule has 2 unspecified atom stereocenters. The highest BCUT2D eigenvalue weighted by atomic mass is 19.2. The summed E-state index contributed by atoms with van der Waals surface area (Å²) in [7, 11) is 3.34. The first-order valence-corrected chi connectivity index (χ1v) is 12.9. The van der Waals surface area contributed by atoms with E-state index in [1.54, 1.807) is 18.3 Å². The maximum atomic E-state index is 14.1. The van der Waals surface area contributed by atoms with Crippen LogP contribution in [0.15, 0.2) is 72.9 Å². The number of hydrogen-bond donors (Lipinski definition) is 2. The van der Waals surface area contributed by atoms with E-state index < -0.39 is 17.7 Å². The van der Waals surface area contributed by atoms with E-state index in [0.717, 1.165) is 17.0 Å². The molecule has 1 saturated heterocycles. The Hall–Kier alpha value is -4.74. The van der Waals surface area contributed by atoms with Crippen LogP contribution in [0.1, 0.15) is 22.1 Å². The number of para-hydroxylation sites is 1. The number of likely N-dealkylation sites (N-methyl/N-ethyl adjacent to an activating group) is 1. The summed E-state index contributed by atoms with van der Waals surface area (Å²) >= 11 is 0. The number of fused-ring (bicyclic) bond motifs is 1. The number of nitrogens with two attached hydrogens (primary N) is 1. The summed E-state index contributed by atoms with van der Waals surface area (Å²) in [5.74, 6) is -1.50. The molecule has 3 N–H and O–H groups in total. The van der Waals surface area contributed by atoms with Crippen molar-refractivity contribution in [3.05, 3.63) is 95.8 Å². The van der Waals surface area contributed by atoms with Gasteiger partial charge in [0.2, 0.25) is 5.82 Å². The van der Waals surface area contributed by atoms with E-state index in [1.165, 1.54) is 30.0 Å². The molecule has 2 aromatic heterocycles. The lowest BCUT2D eigenvalue weighted by Crippen LogP contribution is -2.49. The molecular weight excluding hydrogens is 532 g/mol. The maximum absolute atomic E-state index is 14.1. The normalized spacial score (nSPS) is 17.6. The number of rotatable bonds is 7. The zero-order chi connectivity index (χ0) is 28.7. The Kier molecular flexibility index (Phi) is 6.90. The molecule has 3 aromatic carbocycles. The SMILES string of the molecule is COc1cc(Oc2cccc(F)c2F)ccc1-n1ncc(C2COCC(C(=O)c3cc4ccccc4[nH]3)N2C)c1N. The second kappa shape index (κ2) is 10.7. The largest absolute Gasteiger partial charge is 0.494 e. The number of nitrogens with zero attached hydrogens (tertiary/aromatic N) is 3. The smallest absolute Gasteiger partial charge is 0.201 e. The fourth-order valence-corrected chi connectivity index (χ4v) is 5.10. The number of nitrogen functional groups attached to an aromatic ring is 1. The molecule has 1 aliphatic rings. The van der Waals surface area contributed by atoms with Crippen LogP contribution in [0.5, 0.6) is 17.2 Å². The van der Waals surface area contributed by atoms with Crippen LogP contribution in [0.4, 0.5) is 14.6 Å². The van der Waals surface area contributed by atoms with Gasteiger partial charge in [0.05, 0.1) is 44.3 Å². The molecule has 0 saturated carbocycles. The van der Waals surface area contributed by atoms with Gasteiger partial charge in [-0.25, -0.2) is 9.07 Å².